The van der Waals surface area contributed by atoms with E-state index in [4.69, 9.17) is 9.47 Å². The zero-order chi connectivity index (χ0) is 17.6. The molecule has 0 aromatic carbocycles. The summed E-state index contributed by atoms with van der Waals surface area (Å²) in [5.74, 6) is 0.885. The van der Waals surface area contributed by atoms with Crippen molar-refractivity contribution >= 4 is 17.4 Å². The number of hydrogen-bond donors (Lipinski definition) is 0. The number of likely N-dealkylation sites (tertiary alicyclic amines) is 1. The molecule has 0 saturated carbocycles. The van der Waals surface area contributed by atoms with Gasteiger partial charge in [-0.05, 0) is 32.0 Å². The molecule has 25 heavy (non-hydrogen) atoms. The largest absolute Gasteiger partial charge is 0.378 e. The Balaban J connectivity index is 1.49. The third-order valence-electron chi connectivity index (χ3n) is 4.94. The van der Waals surface area contributed by atoms with Crippen LogP contribution in [0.2, 0.25) is 0 Å². The molecule has 1 amide bonds. The quantitative estimate of drug-likeness (QED) is 0.791. The average Bonchev–Trinajstić information content (AvgIpc) is 2.67. The van der Waals surface area contributed by atoms with Crippen LogP contribution in [0.5, 0.6) is 0 Å². The standard InChI is InChI=1S/C18H28N4O3/c1-20-7-5-16(6-8-20)25-14-18(23)21(2)15-3-4-17(19-13-15)22-9-11-24-12-10-22/h3-4,13,16H,5-12,14H2,1-2H3. The van der Waals surface area contributed by atoms with Crippen molar-refractivity contribution in [2.75, 3.05) is 69.9 Å². The third kappa shape index (κ3) is 4.90. The number of likely N-dealkylation sites (N-methyl/N-ethyl adjacent to an activating group) is 1. The first-order chi connectivity index (χ1) is 12.1. The average molecular weight is 348 g/mol. The van der Waals surface area contributed by atoms with E-state index in [-0.39, 0.29) is 18.6 Å². The number of amides is 1. The summed E-state index contributed by atoms with van der Waals surface area (Å²) in [6.07, 6.45) is 3.92. The van der Waals surface area contributed by atoms with Gasteiger partial charge in [0.2, 0.25) is 0 Å². The monoisotopic (exact) mass is 348 g/mol. The number of pyridine rings is 1. The first kappa shape index (κ1) is 18.1. The molecule has 2 saturated heterocycles. The minimum absolute atomic E-state index is 0.0418. The Labute approximate surface area is 149 Å². The lowest BCUT2D eigenvalue weighted by Gasteiger charge is -2.29. The molecule has 0 atom stereocenters. The van der Waals surface area contributed by atoms with E-state index in [1.807, 2.05) is 12.1 Å². The van der Waals surface area contributed by atoms with Crippen molar-refractivity contribution in [2.45, 2.75) is 18.9 Å². The summed E-state index contributed by atoms with van der Waals surface area (Å²) in [5, 5.41) is 0. The summed E-state index contributed by atoms with van der Waals surface area (Å²) in [5.41, 5.74) is 0.786. The molecule has 3 rings (SSSR count). The molecule has 0 radical (unpaired) electrons. The fourth-order valence-electron chi connectivity index (χ4n) is 3.14. The van der Waals surface area contributed by atoms with Crippen LogP contribution in [0.25, 0.3) is 0 Å². The molecule has 0 spiro atoms. The van der Waals surface area contributed by atoms with Gasteiger partial charge in [0.05, 0.1) is 31.2 Å². The number of hydrogen-bond acceptors (Lipinski definition) is 6. The summed E-state index contributed by atoms with van der Waals surface area (Å²) >= 11 is 0. The molecule has 7 heteroatoms. The number of rotatable bonds is 5. The van der Waals surface area contributed by atoms with Crippen LogP contribution in [0.4, 0.5) is 11.5 Å². The van der Waals surface area contributed by atoms with Crippen LogP contribution < -0.4 is 9.80 Å². The normalized spacial score (nSPS) is 19.8. The maximum atomic E-state index is 12.4. The Morgan fingerprint density at radius 3 is 2.64 bits per heavy atom. The Kier molecular flexibility index (Phi) is 6.23. The van der Waals surface area contributed by atoms with Crippen LogP contribution in [-0.2, 0) is 14.3 Å². The molecule has 0 aliphatic carbocycles. The predicted molar refractivity (Wildman–Crippen MR) is 97.2 cm³/mol. The maximum absolute atomic E-state index is 12.4. The first-order valence-corrected chi connectivity index (χ1v) is 8.99. The number of morpholine rings is 1. The molecular formula is C18H28N4O3. The van der Waals surface area contributed by atoms with Crippen molar-refractivity contribution in [3.63, 3.8) is 0 Å². The molecule has 7 nitrogen and oxygen atoms in total. The van der Waals surface area contributed by atoms with Gasteiger partial charge in [-0.1, -0.05) is 0 Å². The van der Waals surface area contributed by atoms with Crippen molar-refractivity contribution in [2.24, 2.45) is 0 Å². The predicted octanol–water partition coefficient (Wildman–Crippen LogP) is 0.992. The molecule has 1 aromatic rings. The van der Waals surface area contributed by atoms with Gasteiger partial charge in [0, 0.05) is 33.2 Å². The molecule has 0 unspecified atom stereocenters. The Bertz CT molecular complexity index is 552. The Morgan fingerprint density at radius 1 is 1.28 bits per heavy atom. The van der Waals surface area contributed by atoms with E-state index < -0.39 is 0 Å². The van der Waals surface area contributed by atoms with E-state index in [0.717, 1.165) is 63.7 Å². The van der Waals surface area contributed by atoms with Gasteiger partial charge < -0.3 is 24.2 Å². The zero-order valence-corrected chi connectivity index (χ0v) is 15.2. The van der Waals surface area contributed by atoms with Gasteiger partial charge in [0.25, 0.3) is 5.91 Å². The van der Waals surface area contributed by atoms with Crippen molar-refractivity contribution < 1.29 is 14.3 Å². The highest BCUT2D eigenvalue weighted by Crippen LogP contribution is 2.18. The van der Waals surface area contributed by atoms with Gasteiger partial charge in [-0.2, -0.15) is 0 Å². The lowest BCUT2D eigenvalue weighted by molar-refractivity contribution is -0.125. The lowest BCUT2D eigenvalue weighted by atomic mass is 10.1. The molecule has 0 N–H and O–H groups in total. The second-order valence-electron chi connectivity index (χ2n) is 6.74. The summed E-state index contributed by atoms with van der Waals surface area (Å²) < 4.78 is 11.2. The zero-order valence-electron chi connectivity index (χ0n) is 15.2. The van der Waals surface area contributed by atoms with Gasteiger partial charge >= 0.3 is 0 Å². The number of anilines is 2. The number of nitrogens with zero attached hydrogens (tertiary/aromatic N) is 4. The molecule has 2 fully saturated rings. The van der Waals surface area contributed by atoms with E-state index in [1.54, 1.807) is 18.1 Å². The maximum Gasteiger partial charge on any atom is 0.252 e. The van der Waals surface area contributed by atoms with Crippen LogP contribution >= 0.6 is 0 Å². The molecular weight excluding hydrogens is 320 g/mol. The first-order valence-electron chi connectivity index (χ1n) is 8.99. The second kappa shape index (κ2) is 8.60. The van der Waals surface area contributed by atoms with Gasteiger partial charge in [0.1, 0.15) is 12.4 Å². The summed E-state index contributed by atoms with van der Waals surface area (Å²) in [6, 6.07) is 3.90. The minimum atomic E-state index is -0.0418. The van der Waals surface area contributed by atoms with E-state index in [9.17, 15) is 4.79 Å². The molecule has 2 aliphatic rings. The summed E-state index contributed by atoms with van der Waals surface area (Å²) in [4.78, 5) is 23.0. The number of carbonyl (C=O) groups excluding carboxylic acids is 1. The number of piperidine rings is 1. The lowest BCUT2D eigenvalue weighted by Crippen LogP contribution is -2.37. The van der Waals surface area contributed by atoms with Crippen molar-refractivity contribution in [3.05, 3.63) is 18.3 Å². The van der Waals surface area contributed by atoms with E-state index in [2.05, 4.69) is 21.8 Å². The fourth-order valence-corrected chi connectivity index (χ4v) is 3.14. The van der Waals surface area contributed by atoms with Crippen LogP contribution in [-0.4, -0.2) is 82.0 Å². The number of carbonyl (C=O) groups is 1. The number of aromatic nitrogens is 1. The van der Waals surface area contributed by atoms with Crippen molar-refractivity contribution in [1.82, 2.24) is 9.88 Å². The fraction of sp³-hybridized carbons (Fsp3) is 0.667. The summed E-state index contributed by atoms with van der Waals surface area (Å²) in [6.45, 7) is 5.35. The van der Waals surface area contributed by atoms with Gasteiger partial charge in [-0.3, -0.25) is 4.79 Å². The molecule has 1 aromatic heterocycles. The molecule has 138 valence electrons. The molecule has 0 bridgehead atoms. The van der Waals surface area contributed by atoms with E-state index >= 15 is 0 Å². The summed E-state index contributed by atoms with van der Waals surface area (Å²) in [7, 11) is 3.88. The van der Waals surface area contributed by atoms with Crippen LogP contribution in [0.3, 0.4) is 0 Å². The third-order valence-corrected chi connectivity index (χ3v) is 4.94. The highest BCUT2D eigenvalue weighted by atomic mass is 16.5. The van der Waals surface area contributed by atoms with Gasteiger partial charge in [-0.15, -0.1) is 0 Å². The van der Waals surface area contributed by atoms with Gasteiger partial charge in [-0.25, -0.2) is 4.98 Å². The second-order valence-corrected chi connectivity index (χ2v) is 6.74. The SMILES string of the molecule is CN1CCC(OCC(=O)N(C)c2ccc(N3CCOCC3)nc2)CC1. The smallest absolute Gasteiger partial charge is 0.252 e. The van der Waals surface area contributed by atoms with Crippen molar-refractivity contribution in [3.8, 4) is 0 Å². The Morgan fingerprint density at radius 2 is 2.00 bits per heavy atom. The van der Waals surface area contributed by atoms with E-state index in [0.29, 0.717) is 0 Å². The molecule has 2 aliphatic heterocycles. The van der Waals surface area contributed by atoms with Crippen LogP contribution in [0.1, 0.15) is 12.8 Å². The highest BCUT2D eigenvalue weighted by Gasteiger charge is 2.20. The highest BCUT2D eigenvalue weighted by molar-refractivity contribution is 5.93. The van der Waals surface area contributed by atoms with Crippen LogP contribution in [0, 0.1) is 0 Å². The minimum Gasteiger partial charge on any atom is -0.378 e. The van der Waals surface area contributed by atoms with E-state index in [1.165, 1.54) is 0 Å². The van der Waals surface area contributed by atoms with Crippen molar-refractivity contribution in [1.29, 1.82) is 0 Å². The topological polar surface area (TPSA) is 58.1 Å². The Hall–Kier alpha value is -1.70. The van der Waals surface area contributed by atoms with Gasteiger partial charge in [0.15, 0.2) is 0 Å². The number of ether oxygens (including phenoxy) is 2. The van der Waals surface area contributed by atoms with Crippen LogP contribution in [0.15, 0.2) is 18.3 Å². The molecule has 3 heterocycles.